The van der Waals surface area contributed by atoms with Crippen LogP contribution < -0.4 is 11.5 Å². The number of nitrogens with zero attached hydrogens (tertiary/aromatic N) is 8. The fraction of sp³-hybridized carbons (Fsp3) is 0.565. The lowest BCUT2D eigenvalue weighted by molar-refractivity contribution is -0.124. The van der Waals surface area contributed by atoms with E-state index in [0.717, 1.165) is 0 Å². The standard InChI is InChI=1S/C23H29FN10O9P2S2/c1-3-23-5-39-45(36,47)42-14-11(24)10(40-21(14)33-8-31-12-17(25)27-6-29-19(12)33)4-38-44(35,46)43-16(23)15(37-2)22(41-23)34-9-32-13-18(26)28-7-30-20(13)34/h6-11,14-16,21-22H,3-5H2,1-2H3,(H,35,46)(H,36,47)(H2,25,27,29)(H2,26,28,30)/t10-,11+,14-,15-,16+,21-,22-,23-,44?,45-/m1/s1. The first-order valence-electron chi connectivity index (χ1n) is 14.0. The Morgan fingerprint density at radius 3 is 2.15 bits per heavy atom. The van der Waals surface area contributed by atoms with Crippen LogP contribution in [-0.4, -0.2) is 95.6 Å². The first-order chi connectivity index (χ1) is 22.4. The lowest BCUT2D eigenvalue weighted by atomic mass is 9.93. The minimum Gasteiger partial charge on any atom is -0.382 e. The van der Waals surface area contributed by atoms with E-state index in [-0.39, 0.29) is 29.2 Å². The average Bonchev–Trinajstić information content (AvgIpc) is 3.79. The van der Waals surface area contributed by atoms with E-state index >= 15 is 4.39 Å². The fourth-order valence-electron chi connectivity index (χ4n) is 5.93. The largest absolute Gasteiger partial charge is 0.386 e. The molecule has 2 bridgehead atoms. The van der Waals surface area contributed by atoms with Gasteiger partial charge in [-0.3, -0.25) is 27.2 Å². The second kappa shape index (κ2) is 12.1. The van der Waals surface area contributed by atoms with Gasteiger partial charge in [0.15, 0.2) is 41.6 Å². The number of hydrogen-bond donors (Lipinski definition) is 4. The molecule has 3 aliphatic rings. The van der Waals surface area contributed by atoms with E-state index in [1.807, 2.05) is 0 Å². The molecule has 0 saturated carbocycles. The van der Waals surface area contributed by atoms with E-state index in [4.69, 9.17) is 43.8 Å². The first-order valence-corrected chi connectivity index (χ1v) is 19.4. The van der Waals surface area contributed by atoms with E-state index in [2.05, 4.69) is 54.4 Å². The molecule has 47 heavy (non-hydrogen) atoms. The third kappa shape index (κ3) is 5.72. The number of halogens is 1. The molecule has 10 atom stereocenters. The molecule has 7 rings (SSSR count). The van der Waals surface area contributed by atoms with E-state index in [0.29, 0.717) is 11.2 Å². The first kappa shape index (κ1) is 33.0. The van der Waals surface area contributed by atoms with Gasteiger partial charge in [-0.05, 0) is 6.42 Å². The Bertz CT molecular complexity index is 1930. The zero-order valence-corrected chi connectivity index (χ0v) is 28.1. The SMILES string of the molecule is CC[C@@]12CO[P@@](=O)(S)O[C@@H]3[C@@H](F)[C@@H](COP(=O)(S)O[C@H]1[C@@H](OC)[C@H](n1cnc4c(N)ncnc41)O2)O[C@H]3n1cnc2c(N)ncnc21. The molecule has 4 aromatic rings. The summed E-state index contributed by atoms with van der Waals surface area (Å²) in [7, 11) is 1.39. The molecule has 1 unspecified atom stereocenters. The van der Waals surface area contributed by atoms with Crippen molar-refractivity contribution in [3.05, 3.63) is 25.3 Å². The van der Waals surface area contributed by atoms with Crippen LogP contribution in [0, 0.1) is 0 Å². The normalized spacial score (nSPS) is 38.2. The molecule has 4 N–H and O–H groups in total. The summed E-state index contributed by atoms with van der Waals surface area (Å²) in [5.41, 5.74) is 11.4. The quantitative estimate of drug-likeness (QED) is 0.174. The van der Waals surface area contributed by atoms with E-state index in [1.165, 1.54) is 41.6 Å². The molecule has 0 aromatic carbocycles. The Hall–Kier alpha value is -2.49. The number of nitrogens with two attached hydrogens (primary N) is 2. The molecule has 19 nitrogen and oxygen atoms in total. The molecule has 3 aliphatic heterocycles. The molecule has 0 amide bonds. The second-order valence-electron chi connectivity index (χ2n) is 10.9. The van der Waals surface area contributed by atoms with Gasteiger partial charge in [0.25, 0.3) is 0 Å². The van der Waals surface area contributed by atoms with Crippen molar-refractivity contribution in [3.63, 3.8) is 0 Å². The number of alkyl halides is 1. The summed E-state index contributed by atoms with van der Waals surface area (Å²) in [6, 6.07) is 0. The van der Waals surface area contributed by atoms with Crippen LogP contribution >= 0.6 is 38.1 Å². The fourth-order valence-corrected chi connectivity index (χ4v) is 8.90. The topological polar surface area (TPSA) is 238 Å². The molecule has 7 heterocycles. The van der Waals surface area contributed by atoms with Crippen LogP contribution in [0.15, 0.2) is 25.3 Å². The highest BCUT2D eigenvalue weighted by atomic mass is 32.7. The van der Waals surface area contributed by atoms with Gasteiger partial charge in [-0.1, -0.05) is 31.4 Å². The zero-order valence-electron chi connectivity index (χ0n) is 24.5. The summed E-state index contributed by atoms with van der Waals surface area (Å²) >= 11 is 8.37. The van der Waals surface area contributed by atoms with E-state index in [1.54, 1.807) is 6.92 Å². The Kier molecular flexibility index (Phi) is 8.52. The minimum atomic E-state index is -4.41. The number of hydrogen-bond acceptors (Lipinski definition) is 17. The lowest BCUT2D eigenvalue weighted by Gasteiger charge is -2.35. The van der Waals surface area contributed by atoms with Crippen molar-refractivity contribution in [2.75, 3.05) is 31.8 Å². The maximum atomic E-state index is 16.0. The monoisotopic (exact) mass is 734 g/mol. The summed E-state index contributed by atoms with van der Waals surface area (Å²) in [6.07, 6.45) is -4.28. The highest BCUT2D eigenvalue weighted by Crippen LogP contribution is 2.62. The summed E-state index contributed by atoms with van der Waals surface area (Å²) in [4.78, 5) is 24.8. The number of anilines is 2. The Balaban J connectivity index is 1.26. The summed E-state index contributed by atoms with van der Waals surface area (Å²) < 4.78 is 87.9. The second-order valence-corrected chi connectivity index (χ2v) is 16.7. The molecule has 4 aromatic heterocycles. The molecule has 0 radical (unpaired) electrons. The highest BCUT2D eigenvalue weighted by molar-refractivity contribution is 8.44. The maximum Gasteiger partial charge on any atom is 0.386 e. The number of thiol groups is 2. The summed E-state index contributed by atoms with van der Waals surface area (Å²) in [5, 5.41) is 0. The van der Waals surface area contributed by atoms with Crippen LogP contribution in [0.3, 0.4) is 0 Å². The Morgan fingerprint density at radius 2 is 1.55 bits per heavy atom. The van der Waals surface area contributed by atoms with E-state index in [9.17, 15) is 9.13 Å². The zero-order chi connectivity index (χ0) is 33.3. The van der Waals surface area contributed by atoms with Crippen LogP contribution in [0.2, 0.25) is 0 Å². The maximum absolute atomic E-state index is 16.0. The van der Waals surface area contributed by atoms with Crippen molar-refractivity contribution in [3.8, 4) is 0 Å². The third-order valence-electron chi connectivity index (χ3n) is 8.29. The number of aromatic nitrogens is 8. The van der Waals surface area contributed by atoms with Crippen LogP contribution in [0.4, 0.5) is 16.0 Å². The van der Waals surface area contributed by atoms with Gasteiger partial charge in [0, 0.05) is 7.11 Å². The number of imidazole rings is 2. The van der Waals surface area contributed by atoms with Crippen molar-refractivity contribution >= 4 is 72.1 Å². The van der Waals surface area contributed by atoms with Crippen molar-refractivity contribution in [1.29, 1.82) is 0 Å². The smallest absolute Gasteiger partial charge is 0.382 e. The molecule has 254 valence electrons. The van der Waals surface area contributed by atoms with E-state index < -0.39 is 75.5 Å². The number of ether oxygens (including phenoxy) is 3. The highest BCUT2D eigenvalue weighted by Gasteiger charge is 2.60. The minimum absolute atomic E-state index is 0.0719. The van der Waals surface area contributed by atoms with Crippen LogP contribution in [0.1, 0.15) is 25.8 Å². The summed E-state index contributed by atoms with van der Waals surface area (Å²) in [5.74, 6) is 0.207. The third-order valence-corrected chi connectivity index (χ3v) is 11.5. The molecular formula is C23H29FN10O9P2S2. The predicted molar refractivity (Wildman–Crippen MR) is 167 cm³/mol. The Morgan fingerprint density at radius 1 is 0.957 bits per heavy atom. The van der Waals surface area contributed by atoms with Gasteiger partial charge in [-0.25, -0.2) is 43.4 Å². The van der Waals surface area contributed by atoms with Gasteiger partial charge < -0.3 is 25.7 Å². The van der Waals surface area contributed by atoms with Crippen molar-refractivity contribution < 1.29 is 45.8 Å². The number of fused-ring (bicyclic) bond motifs is 5. The van der Waals surface area contributed by atoms with Gasteiger partial charge in [0.05, 0.1) is 25.9 Å². The molecule has 0 spiro atoms. The van der Waals surface area contributed by atoms with Crippen molar-refractivity contribution in [2.45, 2.75) is 62.0 Å². The number of rotatable bonds is 4. The average molecular weight is 735 g/mol. The Labute approximate surface area is 275 Å². The van der Waals surface area contributed by atoms with Crippen LogP contribution in [0.5, 0.6) is 0 Å². The van der Waals surface area contributed by atoms with Gasteiger partial charge in [-0.2, -0.15) is 0 Å². The number of methoxy groups -OCH3 is 1. The van der Waals surface area contributed by atoms with Gasteiger partial charge in [-0.15, -0.1) is 0 Å². The molecule has 3 saturated heterocycles. The molecule has 24 heteroatoms. The van der Waals surface area contributed by atoms with Crippen molar-refractivity contribution in [1.82, 2.24) is 39.0 Å². The van der Waals surface area contributed by atoms with Gasteiger partial charge >= 0.3 is 13.6 Å². The summed E-state index contributed by atoms with van der Waals surface area (Å²) in [6.45, 7) is -8.14. The van der Waals surface area contributed by atoms with Crippen LogP contribution in [-0.2, 0) is 41.4 Å². The predicted octanol–water partition coefficient (Wildman–Crippen LogP) is 2.65. The lowest BCUT2D eigenvalue weighted by Crippen LogP contribution is -2.48. The van der Waals surface area contributed by atoms with Gasteiger partial charge in [0.2, 0.25) is 0 Å². The van der Waals surface area contributed by atoms with Crippen molar-refractivity contribution in [2.24, 2.45) is 0 Å². The van der Waals surface area contributed by atoms with Gasteiger partial charge in [0.1, 0.15) is 53.7 Å². The molecular weight excluding hydrogens is 705 g/mol. The number of nitrogen functional groups attached to an aromatic ring is 2. The molecule has 3 fully saturated rings. The molecule has 0 aliphatic carbocycles. The van der Waals surface area contributed by atoms with Crippen LogP contribution in [0.25, 0.3) is 22.3 Å².